The number of para-hydroxylation sites is 1. The second kappa shape index (κ2) is 6.03. The first kappa shape index (κ1) is 12.4. The molecule has 1 aliphatic rings. The number of morpholine rings is 1. The highest BCUT2D eigenvalue weighted by atomic mass is 16.5. The summed E-state index contributed by atoms with van der Waals surface area (Å²) in [4.78, 5) is 2.33. The summed E-state index contributed by atoms with van der Waals surface area (Å²) in [7, 11) is 2.16. The van der Waals surface area contributed by atoms with E-state index in [0.29, 0.717) is 6.04 Å². The summed E-state index contributed by atoms with van der Waals surface area (Å²) >= 11 is 0. The molecule has 1 aliphatic heterocycles. The highest BCUT2D eigenvalue weighted by Crippen LogP contribution is 2.18. The summed E-state index contributed by atoms with van der Waals surface area (Å²) in [5.41, 5.74) is 2.66. The summed E-state index contributed by atoms with van der Waals surface area (Å²) in [6, 6.07) is 9.04. The van der Waals surface area contributed by atoms with Crippen LogP contribution in [0.2, 0.25) is 0 Å². The van der Waals surface area contributed by atoms with Crippen molar-refractivity contribution in [3.63, 3.8) is 0 Å². The maximum Gasteiger partial charge on any atom is 0.0620 e. The maximum absolute atomic E-state index is 5.46. The number of benzene rings is 1. The fourth-order valence-corrected chi connectivity index (χ4v) is 2.27. The van der Waals surface area contributed by atoms with Crippen LogP contribution in [0.1, 0.15) is 12.0 Å². The third-order valence-electron chi connectivity index (χ3n) is 3.34. The predicted octanol–water partition coefficient (Wildman–Crippen LogP) is 1.81. The standard InChI is InChI=1S/C14H22N2O/c1-12-5-3-4-6-14(12)16(2)9-7-13-11-17-10-8-15-13/h3-6,13,15H,7-11H2,1-2H3. The lowest BCUT2D eigenvalue weighted by Gasteiger charge is -2.27. The third kappa shape index (κ3) is 3.45. The summed E-state index contributed by atoms with van der Waals surface area (Å²) in [6.07, 6.45) is 1.13. The zero-order valence-electron chi connectivity index (χ0n) is 10.8. The highest BCUT2D eigenvalue weighted by Gasteiger charge is 2.13. The number of nitrogens with one attached hydrogen (secondary N) is 1. The average molecular weight is 234 g/mol. The van der Waals surface area contributed by atoms with Crippen LogP contribution in [0.15, 0.2) is 24.3 Å². The first-order valence-corrected chi connectivity index (χ1v) is 6.35. The van der Waals surface area contributed by atoms with Crippen LogP contribution in [0.3, 0.4) is 0 Å². The van der Waals surface area contributed by atoms with Gasteiger partial charge in [-0.2, -0.15) is 0 Å². The lowest BCUT2D eigenvalue weighted by Crippen LogP contribution is -2.43. The van der Waals surface area contributed by atoms with Gasteiger partial charge in [0.1, 0.15) is 0 Å². The Morgan fingerprint density at radius 3 is 2.94 bits per heavy atom. The van der Waals surface area contributed by atoms with Gasteiger partial charge in [0.05, 0.1) is 13.2 Å². The molecule has 0 amide bonds. The van der Waals surface area contributed by atoms with Crippen molar-refractivity contribution < 1.29 is 4.74 Å². The zero-order valence-corrected chi connectivity index (χ0v) is 10.8. The number of anilines is 1. The van der Waals surface area contributed by atoms with Crippen LogP contribution < -0.4 is 10.2 Å². The Hall–Kier alpha value is -1.06. The van der Waals surface area contributed by atoms with Gasteiger partial charge in [0.2, 0.25) is 0 Å². The lowest BCUT2D eigenvalue weighted by atomic mass is 10.1. The molecule has 0 saturated carbocycles. The van der Waals surface area contributed by atoms with Gasteiger partial charge in [-0.05, 0) is 25.0 Å². The van der Waals surface area contributed by atoms with Gasteiger partial charge in [0.25, 0.3) is 0 Å². The Balaban J connectivity index is 1.84. The van der Waals surface area contributed by atoms with E-state index in [1.54, 1.807) is 0 Å². The Morgan fingerprint density at radius 1 is 1.41 bits per heavy atom. The molecule has 17 heavy (non-hydrogen) atoms. The Kier molecular flexibility index (Phi) is 4.40. The Bertz CT molecular complexity index is 348. The molecule has 0 radical (unpaired) electrons. The van der Waals surface area contributed by atoms with Crippen molar-refractivity contribution in [2.75, 3.05) is 38.3 Å². The molecule has 0 aliphatic carbocycles. The quantitative estimate of drug-likeness (QED) is 0.860. The van der Waals surface area contributed by atoms with Crippen molar-refractivity contribution in [1.29, 1.82) is 0 Å². The van der Waals surface area contributed by atoms with Gasteiger partial charge in [-0.15, -0.1) is 0 Å². The molecule has 3 nitrogen and oxygen atoms in total. The maximum atomic E-state index is 5.46. The van der Waals surface area contributed by atoms with E-state index >= 15 is 0 Å². The van der Waals surface area contributed by atoms with E-state index in [0.717, 1.165) is 32.7 Å². The molecule has 3 heteroatoms. The topological polar surface area (TPSA) is 24.5 Å². The molecule has 1 N–H and O–H groups in total. The molecule has 0 spiro atoms. The molecule has 1 aromatic carbocycles. The molecule has 1 fully saturated rings. The molecule has 1 unspecified atom stereocenters. The molecule has 1 aromatic rings. The van der Waals surface area contributed by atoms with E-state index in [1.807, 2.05) is 0 Å². The number of nitrogens with zero attached hydrogens (tertiary/aromatic N) is 1. The minimum Gasteiger partial charge on any atom is -0.379 e. The average Bonchev–Trinajstić information content (AvgIpc) is 2.38. The van der Waals surface area contributed by atoms with Crippen molar-refractivity contribution in [3.05, 3.63) is 29.8 Å². The molecule has 1 atom stereocenters. The van der Waals surface area contributed by atoms with Gasteiger partial charge in [0.15, 0.2) is 0 Å². The van der Waals surface area contributed by atoms with Crippen molar-refractivity contribution in [1.82, 2.24) is 5.32 Å². The van der Waals surface area contributed by atoms with E-state index in [1.165, 1.54) is 11.3 Å². The van der Waals surface area contributed by atoms with Crippen LogP contribution in [-0.2, 0) is 4.74 Å². The van der Waals surface area contributed by atoms with Gasteiger partial charge in [-0.1, -0.05) is 18.2 Å². The zero-order chi connectivity index (χ0) is 12.1. The number of rotatable bonds is 4. The SMILES string of the molecule is Cc1ccccc1N(C)CCC1COCCN1. The van der Waals surface area contributed by atoms with Crippen molar-refractivity contribution in [2.45, 2.75) is 19.4 Å². The smallest absolute Gasteiger partial charge is 0.0620 e. The number of aryl methyl sites for hydroxylation is 1. The van der Waals surface area contributed by atoms with Crippen LogP contribution in [0.25, 0.3) is 0 Å². The van der Waals surface area contributed by atoms with E-state index < -0.39 is 0 Å². The van der Waals surface area contributed by atoms with E-state index in [2.05, 4.69) is 48.5 Å². The molecular weight excluding hydrogens is 212 g/mol. The fraction of sp³-hybridized carbons (Fsp3) is 0.571. The van der Waals surface area contributed by atoms with Crippen molar-refractivity contribution in [2.24, 2.45) is 0 Å². The second-order valence-corrected chi connectivity index (χ2v) is 4.72. The largest absolute Gasteiger partial charge is 0.379 e. The second-order valence-electron chi connectivity index (χ2n) is 4.72. The number of hydrogen-bond donors (Lipinski definition) is 1. The van der Waals surface area contributed by atoms with Crippen LogP contribution in [0.4, 0.5) is 5.69 Å². The van der Waals surface area contributed by atoms with Crippen molar-refractivity contribution >= 4 is 5.69 Å². The molecule has 0 bridgehead atoms. The van der Waals surface area contributed by atoms with E-state index in [4.69, 9.17) is 4.74 Å². The molecular formula is C14H22N2O. The van der Waals surface area contributed by atoms with Crippen LogP contribution in [-0.4, -0.2) is 39.4 Å². The summed E-state index contributed by atoms with van der Waals surface area (Å²) in [5.74, 6) is 0. The monoisotopic (exact) mass is 234 g/mol. The predicted molar refractivity (Wildman–Crippen MR) is 71.7 cm³/mol. The Morgan fingerprint density at radius 2 is 2.24 bits per heavy atom. The normalized spacial score (nSPS) is 20.2. The molecule has 2 rings (SSSR count). The van der Waals surface area contributed by atoms with Gasteiger partial charge in [-0.25, -0.2) is 0 Å². The summed E-state index contributed by atoms with van der Waals surface area (Å²) < 4.78 is 5.46. The minimum absolute atomic E-state index is 0.509. The summed E-state index contributed by atoms with van der Waals surface area (Å²) in [6.45, 7) is 5.91. The minimum atomic E-state index is 0.509. The van der Waals surface area contributed by atoms with Crippen LogP contribution in [0.5, 0.6) is 0 Å². The van der Waals surface area contributed by atoms with E-state index in [-0.39, 0.29) is 0 Å². The number of ether oxygens (including phenoxy) is 1. The first-order chi connectivity index (χ1) is 8.27. The molecule has 94 valence electrons. The Labute approximate surface area is 104 Å². The van der Waals surface area contributed by atoms with Gasteiger partial charge < -0.3 is 15.0 Å². The molecule has 0 aromatic heterocycles. The first-order valence-electron chi connectivity index (χ1n) is 6.35. The molecule has 1 saturated heterocycles. The summed E-state index contributed by atoms with van der Waals surface area (Å²) in [5, 5.41) is 3.49. The highest BCUT2D eigenvalue weighted by molar-refractivity contribution is 5.52. The van der Waals surface area contributed by atoms with Crippen LogP contribution in [0, 0.1) is 6.92 Å². The van der Waals surface area contributed by atoms with Gasteiger partial charge in [-0.3, -0.25) is 0 Å². The third-order valence-corrected chi connectivity index (χ3v) is 3.34. The molecule has 1 heterocycles. The van der Waals surface area contributed by atoms with Gasteiger partial charge >= 0.3 is 0 Å². The van der Waals surface area contributed by atoms with Gasteiger partial charge in [0, 0.05) is 31.9 Å². The lowest BCUT2D eigenvalue weighted by molar-refractivity contribution is 0.0749. The fourth-order valence-electron chi connectivity index (χ4n) is 2.27. The number of hydrogen-bond acceptors (Lipinski definition) is 3. The van der Waals surface area contributed by atoms with E-state index in [9.17, 15) is 0 Å². The van der Waals surface area contributed by atoms with Crippen molar-refractivity contribution in [3.8, 4) is 0 Å². The van der Waals surface area contributed by atoms with Crippen LogP contribution >= 0.6 is 0 Å².